The van der Waals surface area contributed by atoms with Crippen molar-refractivity contribution in [2.24, 2.45) is 0 Å². The van der Waals surface area contributed by atoms with Crippen LogP contribution in [0.2, 0.25) is 0 Å². The van der Waals surface area contributed by atoms with Crippen molar-refractivity contribution in [1.82, 2.24) is 9.55 Å². The molecule has 12 heavy (non-hydrogen) atoms. The Bertz CT molecular complexity index is 304. The molecule has 1 aromatic rings. The molecule has 0 amide bonds. The largest absolute Gasteiger partial charge is 0.328 e. The molecule has 1 atom stereocenters. The molecule has 0 saturated heterocycles. The molecule has 1 unspecified atom stereocenters. The van der Waals surface area contributed by atoms with Gasteiger partial charge in [-0.05, 0) is 49.0 Å². The summed E-state index contributed by atoms with van der Waals surface area (Å²) in [6.07, 6.45) is 3.76. The fourth-order valence-corrected chi connectivity index (χ4v) is 2.70. The first-order chi connectivity index (χ1) is 5.70. The fourth-order valence-electron chi connectivity index (χ4n) is 2.06. The predicted molar refractivity (Wildman–Crippen MR) is 52.3 cm³/mol. The average molecular weight is 229 g/mol. The van der Waals surface area contributed by atoms with Gasteiger partial charge in [0.1, 0.15) is 10.4 Å². The lowest BCUT2D eigenvalue weighted by Gasteiger charge is -2.23. The molecule has 0 spiro atoms. The van der Waals surface area contributed by atoms with Gasteiger partial charge in [0.05, 0.1) is 5.69 Å². The smallest absolute Gasteiger partial charge is 0.127 e. The Morgan fingerprint density at radius 3 is 3.00 bits per heavy atom. The van der Waals surface area contributed by atoms with E-state index < -0.39 is 0 Å². The number of rotatable bonds is 0. The average Bonchev–Trinajstić information content (AvgIpc) is 2.29. The maximum Gasteiger partial charge on any atom is 0.127 e. The van der Waals surface area contributed by atoms with Gasteiger partial charge < -0.3 is 4.57 Å². The molecule has 0 fully saturated rings. The summed E-state index contributed by atoms with van der Waals surface area (Å²) >= 11 is 3.50. The van der Waals surface area contributed by atoms with Crippen LogP contribution < -0.4 is 0 Å². The van der Waals surface area contributed by atoms with Crippen molar-refractivity contribution >= 4 is 15.9 Å². The third-order valence-electron chi connectivity index (χ3n) is 2.61. The summed E-state index contributed by atoms with van der Waals surface area (Å²) < 4.78 is 3.40. The van der Waals surface area contributed by atoms with Crippen LogP contribution >= 0.6 is 15.9 Å². The predicted octanol–water partition coefficient (Wildman–Crippen LogP) is 2.85. The zero-order valence-electron chi connectivity index (χ0n) is 7.47. The molecule has 1 aromatic heterocycles. The molecule has 66 valence electrons. The van der Waals surface area contributed by atoms with Gasteiger partial charge in [0.15, 0.2) is 0 Å². The van der Waals surface area contributed by atoms with Gasteiger partial charge in [-0.2, -0.15) is 0 Å². The quantitative estimate of drug-likeness (QED) is 0.668. The van der Waals surface area contributed by atoms with Crippen molar-refractivity contribution in [3.8, 4) is 0 Å². The maximum atomic E-state index is 4.42. The van der Waals surface area contributed by atoms with Gasteiger partial charge in [0.2, 0.25) is 0 Å². The molecule has 3 heteroatoms. The second-order valence-electron chi connectivity index (χ2n) is 3.51. The molecule has 0 N–H and O–H groups in total. The summed E-state index contributed by atoms with van der Waals surface area (Å²) in [7, 11) is 0. The zero-order valence-corrected chi connectivity index (χ0v) is 9.06. The van der Waals surface area contributed by atoms with Crippen LogP contribution in [0.1, 0.15) is 37.3 Å². The van der Waals surface area contributed by atoms with Gasteiger partial charge in [-0.1, -0.05) is 0 Å². The summed E-state index contributed by atoms with van der Waals surface area (Å²) in [5, 5.41) is 0. The normalized spacial score (nSPS) is 22.4. The number of halogens is 1. The Morgan fingerprint density at radius 1 is 1.58 bits per heavy atom. The highest BCUT2D eigenvalue weighted by Crippen LogP contribution is 2.30. The van der Waals surface area contributed by atoms with E-state index in [1.54, 1.807) is 0 Å². The molecule has 0 aliphatic carbocycles. The van der Waals surface area contributed by atoms with Crippen molar-refractivity contribution in [1.29, 1.82) is 0 Å². The number of imidazole rings is 1. The summed E-state index contributed by atoms with van der Waals surface area (Å²) in [4.78, 5) is 4.42. The maximum absolute atomic E-state index is 4.42. The number of fused-ring (bicyclic) bond motifs is 1. The third-order valence-corrected chi connectivity index (χ3v) is 3.25. The molecule has 2 rings (SSSR count). The number of aryl methyl sites for hydroxylation is 1. The molecule has 1 aliphatic rings. The van der Waals surface area contributed by atoms with Crippen LogP contribution in [0.4, 0.5) is 0 Å². The van der Waals surface area contributed by atoms with Gasteiger partial charge in [0, 0.05) is 6.04 Å². The molecular weight excluding hydrogens is 216 g/mol. The lowest BCUT2D eigenvalue weighted by atomic mass is 10.0. The van der Waals surface area contributed by atoms with Crippen molar-refractivity contribution < 1.29 is 0 Å². The Kier molecular flexibility index (Phi) is 1.99. The van der Waals surface area contributed by atoms with Crippen LogP contribution in [0.3, 0.4) is 0 Å². The van der Waals surface area contributed by atoms with Crippen LogP contribution in [0.25, 0.3) is 0 Å². The zero-order chi connectivity index (χ0) is 8.72. The Balaban J connectivity index is 2.55. The van der Waals surface area contributed by atoms with E-state index in [9.17, 15) is 0 Å². The van der Waals surface area contributed by atoms with Gasteiger partial charge in [-0.3, -0.25) is 0 Å². The standard InChI is InChI=1S/C9H13BrN2/c1-6-4-3-5-8-9(10)11-7(2)12(6)8/h6H,3-5H2,1-2H3. The van der Waals surface area contributed by atoms with E-state index in [1.807, 2.05) is 0 Å². The Hall–Kier alpha value is -0.310. The van der Waals surface area contributed by atoms with Gasteiger partial charge in [0.25, 0.3) is 0 Å². The van der Waals surface area contributed by atoms with Crippen LogP contribution in [-0.2, 0) is 6.42 Å². The molecule has 0 aromatic carbocycles. The minimum absolute atomic E-state index is 0.632. The first-order valence-corrected chi connectivity index (χ1v) is 5.22. The summed E-state index contributed by atoms with van der Waals surface area (Å²) in [6, 6.07) is 0.632. The monoisotopic (exact) mass is 228 g/mol. The summed E-state index contributed by atoms with van der Waals surface area (Å²) in [5.41, 5.74) is 1.38. The Labute approximate surface area is 81.1 Å². The highest BCUT2D eigenvalue weighted by molar-refractivity contribution is 9.10. The molecular formula is C9H13BrN2. The van der Waals surface area contributed by atoms with Crippen molar-refractivity contribution in [2.45, 2.75) is 39.2 Å². The van der Waals surface area contributed by atoms with Crippen LogP contribution in [-0.4, -0.2) is 9.55 Å². The van der Waals surface area contributed by atoms with Crippen molar-refractivity contribution in [2.75, 3.05) is 0 Å². The Morgan fingerprint density at radius 2 is 2.33 bits per heavy atom. The van der Waals surface area contributed by atoms with Crippen LogP contribution in [0.15, 0.2) is 4.60 Å². The SMILES string of the molecule is Cc1nc(Br)c2n1C(C)CCC2. The van der Waals surface area contributed by atoms with E-state index in [-0.39, 0.29) is 0 Å². The van der Waals surface area contributed by atoms with Gasteiger partial charge in [-0.15, -0.1) is 0 Å². The van der Waals surface area contributed by atoms with Crippen LogP contribution in [0.5, 0.6) is 0 Å². The minimum atomic E-state index is 0.632. The number of hydrogen-bond acceptors (Lipinski definition) is 1. The first-order valence-electron chi connectivity index (χ1n) is 4.43. The van der Waals surface area contributed by atoms with E-state index in [0.29, 0.717) is 6.04 Å². The lowest BCUT2D eigenvalue weighted by molar-refractivity contribution is 0.423. The second kappa shape index (κ2) is 2.87. The number of aromatic nitrogens is 2. The van der Waals surface area contributed by atoms with E-state index in [0.717, 1.165) is 10.4 Å². The summed E-state index contributed by atoms with van der Waals surface area (Å²) in [6.45, 7) is 4.35. The summed E-state index contributed by atoms with van der Waals surface area (Å²) in [5.74, 6) is 1.14. The van der Waals surface area contributed by atoms with E-state index in [1.165, 1.54) is 25.0 Å². The molecule has 0 saturated carbocycles. The number of nitrogens with zero attached hydrogens (tertiary/aromatic N) is 2. The minimum Gasteiger partial charge on any atom is -0.328 e. The molecule has 0 radical (unpaired) electrons. The lowest BCUT2D eigenvalue weighted by Crippen LogP contribution is -2.15. The first kappa shape index (κ1) is 8.30. The van der Waals surface area contributed by atoms with Crippen LogP contribution in [0, 0.1) is 6.92 Å². The van der Waals surface area contributed by atoms with Gasteiger partial charge in [-0.25, -0.2) is 4.98 Å². The van der Waals surface area contributed by atoms with E-state index in [2.05, 4.69) is 39.3 Å². The second-order valence-corrected chi connectivity index (χ2v) is 4.26. The van der Waals surface area contributed by atoms with Gasteiger partial charge >= 0.3 is 0 Å². The van der Waals surface area contributed by atoms with E-state index >= 15 is 0 Å². The molecule has 0 bridgehead atoms. The van der Waals surface area contributed by atoms with E-state index in [4.69, 9.17) is 0 Å². The third kappa shape index (κ3) is 1.11. The number of hydrogen-bond donors (Lipinski definition) is 0. The fraction of sp³-hybridized carbons (Fsp3) is 0.667. The highest BCUT2D eigenvalue weighted by atomic mass is 79.9. The van der Waals surface area contributed by atoms with Crippen molar-refractivity contribution in [3.05, 3.63) is 16.1 Å². The van der Waals surface area contributed by atoms with Crippen molar-refractivity contribution in [3.63, 3.8) is 0 Å². The highest BCUT2D eigenvalue weighted by Gasteiger charge is 2.20. The molecule has 1 aliphatic heterocycles. The topological polar surface area (TPSA) is 17.8 Å². The molecule has 2 heterocycles. The molecule has 2 nitrogen and oxygen atoms in total.